The molecule has 14 nitrogen and oxygen atoms in total. The monoisotopic (exact) mass is 528 g/mol. The van der Waals surface area contributed by atoms with E-state index in [1.54, 1.807) is 5.51 Å². The zero-order valence-corrected chi connectivity index (χ0v) is 19.3. The SMILES string of the molecule is O=CNc1nc(C(=NO)C(=O)NC2C(=O)N3C(C(=O)O)=C(CSc4nncs4)CS[C@H]23)ns1. The van der Waals surface area contributed by atoms with Crippen LogP contribution in [0, 0.1) is 0 Å². The van der Waals surface area contributed by atoms with E-state index in [1.165, 1.54) is 34.9 Å². The second-order valence-corrected chi connectivity index (χ2v) is 10.2. The van der Waals surface area contributed by atoms with E-state index in [9.17, 15) is 29.5 Å². The molecular formula is C15H12N8O6S4. The van der Waals surface area contributed by atoms with E-state index in [0.717, 1.165) is 16.4 Å². The Bertz CT molecular complexity index is 1170. The molecule has 0 aliphatic carbocycles. The van der Waals surface area contributed by atoms with Gasteiger partial charge in [0.2, 0.25) is 23.1 Å². The van der Waals surface area contributed by atoms with Gasteiger partial charge >= 0.3 is 5.97 Å². The maximum absolute atomic E-state index is 12.8. The van der Waals surface area contributed by atoms with E-state index in [1.807, 2.05) is 0 Å². The highest BCUT2D eigenvalue weighted by Gasteiger charge is 2.54. The molecule has 1 saturated heterocycles. The largest absolute Gasteiger partial charge is 0.477 e. The average molecular weight is 529 g/mol. The van der Waals surface area contributed by atoms with Gasteiger partial charge in [0.05, 0.1) is 0 Å². The van der Waals surface area contributed by atoms with Crippen molar-refractivity contribution in [2.24, 2.45) is 5.16 Å². The summed E-state index contributed by atoms with van der Waals surface area (Å²) in [6.07, 6.45) is 0.371. The van der Waals surface area contributed by atoms with Crippen molar-refractivity contribution in [3.05, 3.63) is 22.6 Å². The van der Waals surface area contributed by atoms with Gasteiger partial charge < -0.3 is 20.9 Å². The molecule has 2 aliphatic heterocycles. The van der Waals surface area contributed by atoms with Crippen molar-refractivity contribution >= 4 is 81.4 Å². The van der Waals surface area contributed by atoms with Crippen LogP contribution in [0.1, 0.15) is 5.82 Å². The van der Waals surface area contributed by atoms with Crippen LogP contribution in [-0.4, -0.2) is 87.6 Å². The first kappa shape index (κ1) is 23.1. The topological polar surface area (TPSA) is 200 Å². The molecule has 4 N–H and O–H groups in total. The zero-order chi connectivity index (χ0) is 23.5. The van der Waals surface area contributed by atoms with Crippen molar-refractivity contribution in [3.63, 3.8) is 0 Å². The molecule has 18 heteroatoms. The number of carboxylic acids is 1. The number of carboxylic acid groups (broad SMARTS) is 1. The molecule has 0 bridgehead atoms. The predicted molar refractivity (Wildman–Crippen MR) is 118 cm³/mol. The standard InChI is InChI=1S/C15H12N8O6S4/c24-3-16-14-19-9(22-33-14)6(21-29)10(25)18-7-11(26)23-8(13(27)28)5(1-30-12(7)23)2-31-15-20-17-4-32-15/h3-4,7,12,29H,1-2H2,(H,18,25)(H,27,28)(H,16,19,22,24)/t7?,12-/m1/s1. The van der Waals surface area contributed by atoms with Gasteiger partial charge in [-0.15, -0.1) is 22.0 Å². The molecule has 0 saturated carbocycles. The van der Waals surface area contributed by atoms with Crippen molar-refractivity contribution in [1.29, 1.82) is 0 Å². The maximum atomic E-state index is 12.8. The zero-order valence-electron chi connectivity index (χ0n) is 16.1. The Labute approximate surface area is 200 Å². The van der Waals surface area contributed by atoms with Gasteiger partial charge in [0.25, 0.3) is 11.8 Å². The number of nitrogens with zero attached hydrogens (tertiary/aromatic N) is 6. The number of anilines is 1. The minimum atomic E-state index is -1.24. The van der Waals surface area contributed by atoms with Gasteiger partial charge in [-0.3, -0.25) is 19.3 Å². The number of hydrogen-bond acceptors (Lipinski definition) is 14. The number of carbonyl (C=O) groups is 4. The van der Waals surface area contributed by atoms with E-state index >= 15 is 0 Å². The highest BCUT2D eigenvalue weighted by Crippen LogP contribution is 2.41. The molecular weight excluding hydrogens is 516 g/mol. The van der Waals surface area contributed by atoms with Crippen LogP contribution in [-0.2, 0) is 19.2 Å². The minimum absolute atomic E-state index is 0.0813. The van der Waals surface area contributed by atoms with Gasteiger partial charge in [-0.05, 0) is 5.57 Å². The van der Waals surface area contributed by atoms with Crippen molar-refractivity contribution < 1.29 is 29.5 Å². The van der Waals surface area contributed by atoms with Gasteiger partial charge in [0, 0.05) is 23.0 Å². The Morgan fingerprint density at radius 1 is 1.42 bits per heavy atom. The normalized spacial score (nSPS) is 20.2. The van der Waals surface area contributed by atoms with E-state index in [-0.39, 0.29) is 16.7 Å². The molecule has 4 heterocycles. The fourth-order valence-corrected chi connectivity index (χ4v) is 6.50. The molecule has 0 spiro atoms. The van der Waals surface area contributed by atoms with E-state index < -0.39 is 34.9 Å². The first-order chi connectivity index (χ1) is 15.9. The van der Waals surface area contributed by atoms with Crippen molar-refractivity contribution in [2.75, 3.05) is 16.8 Å². The van der Waals surface area contributed by atoms with Crippen LogP contribution in [0.4, 0.5) is 5.13 Å². The maximum Gasteiger partial charge on any atom is 0.352 e. The van der Waals surface area contributed by atoms with E-state index in [4.69, 9.17) is 0 Å². The fraction of sp³-hybridized carbons (Fsp3) is 0.267. The Balaban J connectivity index is 1.46. The molecule has 33 heavy (non-hydrogen) atoms. The number of thioether (sulfide) groups is 2. The Kier molecular flexibility index (Phi) is 6.86. The van der Waals surface area contributed by atoms with Crippen LogP contribution in [0.5, 0.6) is 0 Å². The number of rotatable bonds is 9. The van der Waals surface area contributed by atoms with Crippen LogP contribution in [0.3, 0.4) is 0 Å². The molecule has 0 aromatic carbocycles. The second kappa shape index (κ2) is 9.81. The third kappa shape index (κ3) is 4.54. The van der Waals surface area contributed by atoms with E-state index in [2.05, 4.69) is 35.3 Å². The van der Waals surface area contributed by atoms with Gasteiger partial charge in [0.1, 0.15) is 22.6 Å². The van der Waals surface area contributed by atoms with Crippen LogP contribution >= 0.6 is 46.4 Å². The lowest BCUT2D eigenvalue weighted by molar-refractivity contribution is -0.150. The number of fused-ring (bicyclic) bond motifs is 1. The third-order valence-electron chi connectivity index (χ3n) is 4.38. The molecule has 2 aliphatic rings. The summed E-state index contributed by atoms with van der Waals surface area (Å²) in [5.41, 5.74) is 1.45. The molecule has 2 aromatic rings. The molecule has 2 aromatic heterocycles. The molecule has 0 radical (unpaired) electrons. The second-order valence-electron chi connectivity index (χ2n) is 6.25. The molecule has 2 atom stereocenters. The molecule has 172 valence electrons. The number of carbonyl (C=O) groups excluding carboxylic acids is 3. The summed E-state index contributed by atoms with van der Waals surface area (Å²) in [4.78, 5) is 52.7. The first-order valence-electron chi connectivity index (χ1n) is 8.80. The first-order valence-corrected chi connectivity index (χ1v) is 12.5. The lowest BCUT2D eigenvalue weighted by Gasteiger charge is -2.49. The number of β-lactam (4-membered cyclic amide) rings is 1. The Hall–Kier alpha value is -3.09. The Morgan fingerprint density at radius 2 is 2.24 bits per heavy atom. The summed E-state index contributed by atoms with van der Waals surface area (Å²) in [6.45, 7) is 0. The molecule has 3 amide bonds. The van der Waals surface area contributed by atoms with E-state index in [0.29, 0.717) is 27.8 Å². The van der Waals surface area contributed by atoms with Gasteiger partial charge in [-0.25, -0.2) is 4.79 Å². The number of aromatic nitrogens is 4. The third-order valence-corrected chi connectivity index (χ3v) is 8.31. The quantitative estimate of drug-likeness (QED) is 0.0826. The molecule has 1 fully saturated rings. The van der Waals surface area contributed by atoms with Crippen LogP contribution in [0.25, 0.3) is 0 Å². The van der Waals surface area contributed by atoms with Crippen molar-refractivity contribution in [1.82, 2.24) is 29.8 Å². The highest BCUT2D eigenvalue weighted by atomic mass is 32.2. The van der Waals surface area contributed by atoms with Gasteiger partial charge in [0.15, 0.2) is 4.34 Å². The average Bonchev–Trinajstić information content (AvgIpc) is 3.48. The highest BCUT2D eigenvalue weighted by molar-refractivity contribution is 8.01. The number of nitrogens with one attached hydrogen (secondary N) is 2. The van der Waals surface area contributed by atoms with Crippen molar-refractivity contribution in [3.8, 4) is 0 Å². The molecule has 1 unspecified atom stereocenters. The summed E-state index contributed by atoms with van der Waals surface area (Å²) < 4.78 is 4.50. The number of amides is 3. The summed E-state index contributed by atoms with van der Waals surface area (Å²) >= 11 is 4.72. The smallest absolute Gasteiger partial charge is 0.352 e. The summed E-state index contributed by atoms with van der Waals surface area (Å²) in [7, 11) is 0. The number of hydrogen-bond donors (Lipinski definition) is 4. The van der Waals surface area contributed by atoms with Crippen LogP contribution in [0.15, 0.2) is 26.3 Å². The van der Waals surface area contributed by atoms with Crippen molar-refractivity contribution in [2.45, 2.75) is 15.8 Å². The lowest BCUT2D eigenvalue weighted by Crippen LogP contribution is -2.71. The fourth-order valence-electron chi connectivity index (χ4n) is 3.00. The molecule has 4 rings (SSSR count). The van der Waals surface area contributed by atoms with Gasteiger partial charge in [-0.2, -0.15) is 9.36 Å². The summed E-state index contributed by atoms with van der Waals surface area (Å²) in [5, 5.41) is 33.6. The number of aliphatic carboxylic acids is 1. The van der Waals surface area contributed by atoms with Gasteiger partial charge in [-0.1, -0.05) is 28.3 Å². The Morgan fingerprint density at radius 3 is 2.91 bits per heavy atom. The number of oxime groups is 1. The predicted octanol–water partition coefficient (Wildman–Crippen LogP) is -0.333. The van der Waals surface area contributed by atoms with Crippen LogP contribution < -0.4 is 10.6 Å². The lowest BCUT2D eigenvalue weighted by atomic mass is 10.0. The summed E-state index contributed by atoms with van der Waals surface area (Å²) in [6, 6.07) is -1.03. The minimum Gasteiger partial charge on any atom is -0.477 e. The summed E-state index contributed by atoms with van der Waals surface area (Å²) in [5.74, 6) is -2.36. The van der Waals surface area contributed by atoms with Crippen LogP contribution in [0.2, 0.25) is 0 Å².